The van der Waals surface area contributed by atoms with Crippen LogP contribution >= 0.6 is 34.4 Å². The number of thiophene rings is 1. The molecule has 0 saturated carbocycles. The van der Waals surface area contributed by atoms with Crippen LogP contribution in [-0.2, 0) is 12.3 Å². The smallest absolute Gasteiger partial charge is 0.210 e. The molecule has 132 valence electrons. The van der Waals surface area contributed by atoms with Crippen molar-refractivity contribution in [3.63, 3.8) is 0 Å². The lowest BCUT2D eigenvalue weighted by atomic mass is 10.2. The molecule has 0 spiro atoms. The van der Waals surface area contributed by atoms with Crippen LogP contribution in [0.15, 0.2) is 52.3 Å². The third kappa shape index (κ3) is 4.29. The van der Waals surface area contributed by atoms with Gasteiger partial charge in [-0.25, -0.2) is 9.67 Å². The standard InChI is InChI=1S/C17H16N6S3/c1-12-4-6-13(7-5-12)18-16-19-14(10-25-16)11-26-17-20-21-22-23(17)9-15-3-2-8-24-15/h2-8,10H,9,11H2,1H3,(H,18,19). The number of anilines is 2. The summed E-state index contributed by atoms with van der Waals surface area (Å²) in [6.07, 6.45) is 0. The van der Waals surface area contributed by atoms with E-state index in [1.54, 1.807) is 34.4 Å². The summed E-state index contributed by atoms with van der Waals surface area (Å²) in [5.41, 5.74) is 3.30. The summed E-state index contributed by atoms with van der Waals surface area (Å²) < 4.78 is 1.83. The van der Waals surface area contributed by atoms with Gasteiger partial charge in [-0.3, -0.25) is 0 Å². The maximum atomic E-state index is 4.64. The van der Waals surface area contributed by atoms with Crippen LogP contribution in [0.1, 0.15) is 16.1 Å². The van der Waals surface area contributed by atoms with Gasteiger partial charge in [0.25, 0.3) is 0 Å². The molecule has 0 aliphatic rings. The number of thioether (sulfide) groups is 1. The maximum absolute atomic E-state index is 4.64. The molecule has 6 nitrogen and oxygen atoms in total. The van der Waals surface area contributed by atoms with Crippen molar-refractivity contribution < 1.29 is 0 Å². The average Bonchev–Trinajstić information content (AvgIpc) is 3.39. The van der Waals surface area contributed by atoms with E-state index in [1.165, 1.54) is 10.4 Å². The molecule has 3 heterocycles. The van der Waals surface area contributed by atoms with Gasteiger partial charge in [-0.2, -0.15) is 0 Å². The molecule has 26 heavy (non-hydrogen) atoms. The van der Waals surface area contributed by atoms with Gasteiger partial charge in [0.2, 0.25) is 5.16 Å². The summed E-state index contributed by atoms with van der Waals surface area (Å²) in [7, 11) is 0. The first-order chi connectivity index (χ1) is 12.8. The van der Waals surface area contributed by atoms with E-state index in [4.69, 9.17) is 0 Å². The van der Waals surface area contributed by atoms with Gasteiger partial charge in [0.05, 0.1) is 12.2 Å². The Kier molecular flexibility index (Phi) is 5.28. The second-order valence-electron chi connectivity index (χ2n) is 5.62. The zero-order valence-corrected chi connectivity index (χ0v) is 16.4. The zero-order valence-electron chi connectivity index (χ0n) is 14.0. The predicted molar refractivity (Wildman–Crippen MR) is 107 cm³/mol. The van der Waals surface area contributed by atoms with Crippen LogP contribution < -0.4 is 5.32 Å². The predicted octanol–water partition coefficient (Wildman–Crippen LogP) is 4.58. The summed E-state index contributed by atoms with van der Waals surface area (Å²) in [5, 5.41) is 21.2. The van der Waals surface area contributed by atoms with Gasteiger partial charge < -0.3 is 5.32 Å². The van der Waals surface area contributed by atoms with Crippen LogP contribution in [0.25, 0.3) is 0 Å². The van der Waals surface area contributed by atoms with Gasteiger partial charge in [0.15, 0.2) is 5.13 Å². The second kappa shape index (κ2) is 7.98. The van der Waals surface area contributed by atoms with Gasteiger partial charge in [-0.05, 0) is 40.9 Å². The van der Waals surface area contributed by atoms with E-state index in [-0.39, 0.29) is 0 Å². The SMILES string of the molecule is Cc1ccc(Nc2nc(CSc3nnnn3Cc3cccs3)cs2)cc1. The van der Waals surface area contributed by atoms with Crippen molar-refractivity contribution in [3.05, 3.63) is 63.3 Å². The van der Waals surface area contributed by atoms with E-state index in [0.717, 1.165) is 27.4 Å². The first-order valence-corrected chi connectivity index (χ1v) is 10.7. The van der Waals surface area contributed by atoms with Gasteiger partial charge in [-0.1, -0.05) is 35.5 Å². The van der Waals surface area contributed by atoms with Crippen molar-refractivity contribution in [3.8, 4) is 0 Å². The number of nitrogens with zero attached hydrogens (tertiary/aromatic N) is 5. The Morgan fingerprint density at radius 3 is 2.85 bits per heavy atom. The van der Waals surface area contributed by atoms with Crippen LogP contribution in [0.5, 0.6) is 0 Å². The number of rotatable bonds is 7. The molecule has 0 aliphatic carbocycles. The van der Waals surface area contributed by atoms with E-state index < -0.39 is 0 Å². The fraction of sp³-hybridized carbons (Fsp3) is 0.176. The fourth-order valence-corrected chi connectivity index (χ4v) is 4.57. The van der Waals surface area contributed by atoms with Crippen LogP contribution in [0.4, 0.5) is 10.8 Å². The number of hydrogen-bond acceptors (Lipinski definition) is 8. The zero-order chi connectivity index (χ0) is 17.8. The highest BCUT2D eigenvalue weighted by Gasteiger charge is 2.10. The lowest BCUT2D eigenvalue weighted by Crippen LogP contribution is -2.02. The monoisotopic (exact) mass is 400 g/mol. The Labute approximate surface area is 163 Å². The molecule has 1 aromatic carbocycles. The van der Waals surface area contributed by atoms with E-state index in [9.17, 15) is 0 Å². The number of benzene rings is 1. The summed E-state index contributed by atoms with van der Waals surface area (Å²) in [6, 6.07) is 12.4. The normalized spacial score (nSPS) is 11.0. The van der Waals surface area contributed by atoms with Gasteiger partial charge in [-0.15, -0.1) is 27.8 Å². The van der Waals surface area contributed by atoms with Gasteiger partial charge in [0.1, 0.15) is 0 Å². The molecule has 3 aromatic heterocycles. The largest absolute Gasteiger partial charge is 0.332 e. The van der Waals surface area contributed by atoms with Gasteiger partial charge >= 0.3 is 0 Å². The van der Waals surface area contributed by atoms with Crippen LogP contribution in [0.2, 0.25) is 0 Å². The Hall–Kier alpha value is -2.23. The molecule has 4 rings (SSSR count). The van der Waals surface area contributed by atoms with Crippen LogP contribution in [0, 0.1) is 6.92 Å². The van der Waals surface area contributed by atoms with E-state index in [1.807, 2.05) is 10.7 Å². The minimum atomic E-state index is 0.699. The number of tetrazole rings is 1. The summed E-state index contributed by atoms with van der Waals surface area (Å²) in [4.78, 5) is 5.88. The summed E-state index contributed by atoms with van der Waals surface area (Å²) in [6.45, 7) is 2.78. The van der Waals surface area contributed by atoms with E-state index >= 15 is 0 Å². The van der Waals surface area contributed by atoms with Crippen molar-refractivity contribution >= 4 is 45.3 Å². The lowest BCUT2D eigenvalue weighted by Gasteiger charge is -2.03. The first kappa shape index (κ1) is 17.2. The molecular formula is C17H16N6S3. The van der Waals surface area contributed by atoms with Crippen molar-refractivity contribution in [2.75, 3.05) is 5.32 Å². The third-order valence-corrected chi connectivity index (χ3v) is 6.25. The average molecular weight is 401 g/mol. The first-order valence-electron chi connectivity index (χ1n) is 7.96. The molecule has 0 fully saturated rings. The molecule has 0 atom stereocenters. The minimum Gasteiger partial charge on any atom is -0.332 e. The summed E-state index contributed by atoms with van der Waals surface area (Å²) >= 11 is 4.90. The number of thiazole rings is 1. The molecule has 4 aromatic rings. The van der Waals surface area contributed by atoms with Crippen molar-refractivity contribution in [1.82, 2.24) is 25.2 Å². The number of nitrogens with one attached hydrogen (secondary N) is 1. The summed E-state index contributed by atoms with van der Waals surface area (Å²) in [5.74, 6) is 0.733. The molecule has 0 radical (unpaired) electrons. The molecular weight excluding hydrogens is 384 g/mol. The van der Waals surface area contributed by atoms with Crippen LogP contribution in [0.3, 0.4) is 0 Å². The molecule has 0 bridgehead atoms. The molecule has 0 aliphatic heterocycles. The number of aromatic nitrogens is 5. The van der Waals surface area contributed by atoms with Crippen molar-refractivity contribution in [2.45, 2.75) is 24.4 Å². The molecule has 1 N–H and O–H groups in total. The highest BCUT2D eigenvalue weighted by atomic mass is 32.2. The quantitative estimate of drug-likeness (QED) is 0.458. The van der Waals surface area contributed by atoms with Crippen molar-refractivity contribution in [2.24, 2.45) is 0 Å². The second-order valence-corrected chi connectivity index (χ2v) is 8.46. The topological polar surface area (TPSA) is 68.5 Å². The number of aryl methyl sites for hydroxylation is 1. The molecule has 0 amide bonds. The number of hydrogen-bond donors (Lipinski definition) is 1. The highest BCUT2D eigenvalue weighted by Crippen LogP contribution is 2.26. The fourth-order valence-electron chi connectivity index (χ4n) is 2.28. The van der Waals surface area contributed by atoms with Crippen LogP contribution in [-0.4, -0.2) is 25.2 Å². The Morgan fingerprint density at radius 2 is 2.04 bits per heavy atom. The van der Waals surface area contributed by atoms with E-state index in [2.05, 4.69) is 73.8 Å². The Morgan fingerprint density at radius 1 is 1.15 bits per heavy atom. The molecule has 0 saturated heterocycles. The Balaban J connectivity index is 1.36. The van der Waals surface area contributed by atoms with Crippen molar-refractivity contribution in [1.29, 1.82) is 0 Å². The Bertz CT molecular complexity index is 959. The maximum Gasteiger partial charge on any atom is 0.210 e. The molecule has 0 unspecified atom stereocenters. The van der Waals surface area contributed by atoms with Gasteiger partial charge in [0, 0.05) is 21.7 Å². The minimum absolute atomic E-state index is 0.699. The molecule has 9 heteroatoms. The third-order valence-electron chi connectivity index (χ3n) is 3.59. The lowest BCUT2D eigenvalue weighted by molar-refractivity contribution is 0.608. The highest BCUT2D eigenvalue weighted by molar-refractivity contribution is 7.98. The van der Waals surface area contributed by atoms with E-state index in [0.29, 0.717) is 6.54 Å².